The van der Waals surface area contributed by atoms with E-state index < -0.39 is 37.8 Å². The highest BCUT2D eigenvalue weighted by Gasteiger charge is 2.24. The van der Waals surface area contributed by atoms with Gasteiger partial charge < -0.3 is 10.5 Å². The number of sulfonamides is 1. The molecule has 5 aromatic rings. The van der Waals surface area contributed by atoms with Crippen LogP contribution in [0.3, 0.4) is 0 Å². The number of rotatable bonds is 6. The van der Waals surface area contributed by atoms with Crippen LogP contribution < -0.4 is 20.8 Å². The van der Waals surface area contributed by atoms with Crippen molar-refractivity contribution in [2.75, 3.05) is 17.6 Å². The largest absolute Gasteiger partial charge is 0.480 e. The van der Waals surface area contributed by atoms with E-state index in [2.05, 4.69) is 14.7 Å². The highest BCUT2D eigenvalue weighted by molar-refractivity contribution is 7.92. The molecule has 0 aliphatic heterocycles. The summed E-state index contributed by atoms with van der Waals surface area (Å²) in [6.07, 6.45) is 1.34. The van der Waals surface area contributed by atoms with Crippen LogP contribution in [0.15, 0.2) is 82.6 Å². The van der Waals surface area contributed by atoms with Crippen molar-refractivity contribution in [1.29, 1.82) is 5.26 Å². The summed E-state index contributed by atoms with van der Waals surface area (Å²) in [5.74, 6) is -2.33. The molecule has 0 saturated heterocycles. The van der Waals surface area contributed by atoms with E-state index in [0.29, 0.717) is 28.4 Å². The lowest BCUT2D eigenvalue weighted by atomic mass is 10.1. The first kappa shape index (κ1) is 26.3. The van der Waals surface area contributed by atoms with Gasteiger partial charge in [-0.1, -0.05) is 12.1 Å². The predicted molar refractivity (Wildman–Crippen MR) is 143 cm³/mol. The molecule has 3 aromatic carbocycles. The van der Waals surface area contributed by atoms with E-state index >= 15 is 0 Å². The minimum Gasteiger partial charge on any atom is -0.480 e. The molecule has 0 unspecified atom stereocenters. The summed E-state index contributed by atoms with van der Waals surface area (Å²) in [6.45, 7) is 0. The van der Waals surface area contributed by atoms with E-state index in [1.807, 2.05) is 6.07 Å². The number of anilines is 2. The maximum absolute atomic E-state index is 14.2. The zero-order valence-electron chi connectivity index (χ0n) is 20.6. The Morgan fingerprint density at radius 2 is 1.85 bits per heavy atom. The van der Waals surface area contributed by atoms with Gasteiger partial charge >= 0.3 is 0 Å². The molecule has 200 valence electrons. The SMILES string of the molecule is COc1ncc(-c2ccc3nc(N)n(-c4cccc(C#N)c4)c(=O)c3c2)cc1S(=O)(=O)Nc1ccc(F)cc1F. The van der Waals surface area contributed by atoms with Gasteiger partial charge in [0.05, 0.1) is 41.0 Å². The van der Waals surface area contributed by atoms with Crippen molar-refractivity contribution in [3.63, 3.8) is 0 Å². The number of nitrogens with zero attached hydrogens (tertiary/aromatic N) is 4. The number of halogens is 2. The van der Waals surface area contributed by atoms with Gasteiger partial charge in [-0.05, 0) is 54.1 Å². The van der Waals surface area contributed by atoms with Crippen LogP contribution in [0.1, 0.15) is 5.56 Å². The zero-order valence-corrected chi connectivity index (χ0v) is 21.4. The molecule has 5 rings (SSSR count). The summed E-state index contributed by atoms with van der Waals surface area (Å²) in [7, 11) is -3.23. The second-order valence-corrected chi connectivity index (χ2v) is 10.1. The number of methoxy groups -OCH3 is 1. The highest BCUT2D eigenvalue weighted by atomic mass is 32.2. The fourth-order valence-corrected chi connectivity index (χ4v) is 5.27. The van der Waals surface area contributed by atoms with Gasteiger partial charge in [-0.3, -0.25) is 9.52 Å². The van der Waals surface area contributed by atoms with Gasteiger partial charge in [0.25, 0.3) is 15.6 Å². The maximum atomic E-state index is 14.2. The molecule has 0 spiro atoms. The van der Waals surface area contributed by atoms with Gasteiger partial charge in [0.1, 0.15) is 16.5 Å². The second-order valence-electron chi connectivity index (χ2n) is 8.47. The number of hydrogen-bond acceptors (Lipinski definition) is 8. The van der Waals surface area contributed by atoms with Gasteiger partial charge in [-0.15, -0.1) is 0 Å². The van der Waals surface area contributed by atoms with Crippen LogP contribution in [-0.4, -0.2) is 30.1 Å². The van der Waals surface area contributed by atoms with E-state index in [1.54, 1.807) is 30.3 Å². The quantitative estimate of drug-likeness (QED) is 0.316. The van der Waals surface area contributed by atoms with E-state index in [0.717, 1.165) is 16.7 Å². The van der Waals surface area contributed by atoms with Gasteiger partial charge in [-0.2, -0.15) is 5.26 Å². The van der Waals surface area contributed by atoms with Crippen LogP contribution >= 0.6 is 0 Å². The number of aromatic nitrogens is 3. The zero-order chi connectivity index (χ0) is 28.6. The van der Waals surface area contributed by atoms with E-state index in [1.165, 1.54) is 31.5 Å². The summed E-state index contributed by atoms with van der Waals surface area (Å²) in [5.41, 5.74) is 6.75. The summed E-state index contributed by atoms with van der Waals surface area (Å²) in [4.78, 5) is 21.4. The molecule has 0 fully saturated rings. The number of fused-ring (bicyclic) bond motifs is 1. The molecule has 3 N–H and O–H groups in total. The third kappa shape index (κ3) is 4.79. The first-order valence-corrected chi connectivity index (χ1v) is 12.9. The van der Waals surface area contributed by atoms with Crippen molar-refractivity contribution in [2.45, 2.75) is 4.90 Å². The monoisotopic (exact) mass is 560 g/mol. The topological polar surface area (TPSA) is 153 Å². The highest BCUT2D eigenvalue weighted by Crippen LogP contribution is 2.31. The summed E-state index contributed by atoms with van der Waals surface area (Å²) >= 11 is 0. The van der Waals surface area contributed by atoms with Crippen LogP contribution in [0.2, 0.25) is 0 Å². The number of nitrogens with two attached hydrogens (primary N) is 1. The van der Waals surface area contributed by atoms with Crippen LogP contribution in [0.4, 0.5) is 20.4 Å². The van der Waals surface area contributed by atoms with Crippen molar-refractivity contribution < 1.29 is 21.9 Å². The van der Waals surface area contributed by atoms with Crippen molar-refractivity contribution >= 4 is 32.6 Å². The molecule has 2 heterocycles. The number of pyridine rings is 1. The molecular weight excluding hydrogens is 542 g/mol. The molecule has 0 bridgehead atoms. The molecular formula is C27H18F2N6O4S. The van der Waals surface area contributed by atoms with Crippen molar-refractivity contribution in [1.82, 2.24) is 14.5 Å². The van der Waals surface area contributed by atoms with E-state index in [4.69, 9.17) is 10.5 Å². The molecule has 0 atom stereocenters. The molecule has 0 aliphatic carbocycles. The molecule has 40 heavy (non-hydrogen) atoms. The number of nitrogen functional groups attached to an aromatic ring is 1. The Bertz CT molecular complexity index is 2020. The Labute approximate surface area is 226 Å². The fourth-order valence-electron chi connectivity index (χ4n) is 4.05. The number of hydrogen-bond donors (Lipinski definition) is 2. The molecule has 0 amide bonds. The maximum Gasteiger partial charge on any atom is 0.267 e. The normalized spacial score (nSPS) is 11.2. The Kier molecular flexibility index (Phi) is 6.62. The smallest absolute Gasteiger partial charge is 0.267 e. The Morgan fingerprint density at radius 3 is 2.58 bits per heavy atom. The fraction of sp³-hybridized carbons (Fsp3) is 0.0370. The number of nitriles is 1. The number of benzene rings is 3. The Morgan fingerprint density at radius 1 is 1.05 bits per heavy atom. The molecule has 2 aromatic heterocycles. The third-order valence-electron chi connectivity index (χ3n) is 5.94. The first-order chi connectivity index (χ1) is 19.1. The second kappa shape index (κ2) is 10.1. The van der Waals surface area contributed by atoms with Gasteiger partial charge in [0.2, 0.25) is 11.8 Å². The minimum atomic E-state index is -4.45. The van der Waals surface area contributed by atoms with Crippen LogP contribution in [0.25, 0.3) is 27.7 Å². The summed E-state index contributed by atoms with van der Waals surface area (Å²) in [6, 6.07) is 16.6. The lowest BCUT2D eigenvalue weighted by molar-refractivity contribution is 0.385. The lowest BCUT2D eigenvalue weighted by Gasteiger charge is -2.14. The van der Waals surface area contributed by atoms with Gasteiger partial charge in [0, 0.05) is 17.8 Å². The number of nitrogens with one attached hydrogen (secondary N) is 1. The van der Waals surface area contributed by atoms with Crippen LogP contribution in [0, 0.1) is 23.0 Å². The third-order valence-corrected chi connectivity index (χ3v) is 7.30. The lowest BCUT2D eigenvalue weighted by Crippen LogP contribution is -2.23. The average Bonchev–Trinajstić information content (AvgIpc) is 2.94. The standard InChI is InChI=1S/C27H18F2N6O4S/c1-39-25-24(40(37,38)34-23-8-6-18(28)12-21(23)29)11-17(14-32-25)16-5-7-22-20(10-16)26(36)35(27(31)33-22)19-4-2-3-15(9-19)13-30/h2-12,14,34H,1H3,(H2,31,33). The molecule has 0 aliphatic rings. The molecule has 0 saturated carbocycles. The Balaban J connectivity index is 1.62. The van der Waals surface area contributed by atoms with E-state index in [-0.39, 0.29) is 22.8 Å². The first-order valence-electron chi connectivity index (χ1n) is 11.5. The molecule has 0 radical (unpaired) electrons. The molecule has 13 heteroatoms. The Hall–Kier alpha value is -5.35. The van der Waals surface area contributed by atoms with Gasteiger partial charge in [0.15, 0.2) is 0 Å². The summed E-state index contributed by atoms with van der Waals surface area (Å²) in [5, 5.41) is 9.39. The van der Waals surface area contributed by atoms with Crippen LogP contribution in [-0.2, 0) is 10.0 Å². The van der Waals surface area contributed by atoms with Crippen molar-refractivity contribution in [3.8, 4) is 28.8 Å². The summed E-state index contributed by atoms with van der Waals surface area (Å²) < 4.78 is 62.1. The van der Waals surface area contributed by atoms with Crippen molar-refractivity contribution in [3.05, 3.63) is 100 Å². The molecule has 10 nitrogen and oxygen atoms in total. The van der Waals surface area contributed by atoms with Crippen molar-refractivity contribution in [2.24, 2.45) is 0 Å². The van der Waals surface area contributed by atoms with Gasteiger partial charge in [-0.25, -0.2) is 31.7 Å². The predicted octanol–water partition coefficient (Wildman–Crippen LogP) is 3.99. The number of ether oxygens (including phenoxy) is 1. The average molecular weight is 561 g/mol. The van der Waals surface area contributed by atoms with Crippen LogP contribution in [0.5, 0.6) is 5.88 Å². The van der Waals surface area contributed by atoms with E-state index in [9.17, 15) is 27.3 Å². The minimum absolute atomic E-state index is 0.0843.